The Kier molecular flexibility index (Phi) is 6.44. The maximum absolute atomic E-state index is 5.85. The summed E-state index contributed by atoms with van der Waals surface area (Å²) < 4.78 is 0. The first-order valence-electron chi connectivity index (χ1n) is 7.09. The van der Waals surface area contributed by atoms with E-state index in [0.29, 0.717) is 18.0 Å². The molecule has 1 aliphatic rings. The molecule has 0 saturated carbocycles. The summed E-state index contributed by atoms with van der Waals surface area (Å²) in [6, 6.07) is 0. The highest BCUT2D eigenvalue weighted by atomic mass is 15.1. The molecule has 0 bridgehead atoms. The maximum atomic E-state index is 5.85. The van der Waals surface area contributed by atoms with E-state index >= 15 is 0 Å². The summed E-state index contributed by atoms with van der Waals surface area (Å²) in [6.45, 7) is 9.48. The Bertz CT molecular complexity index is 296. The van der Waals surface area contributed by atoms with Gasteiger partial charge in [0.15, 0.2) is 0 Å². The molecule has 3 atom stereocenters. The van der Waals surface area contributed by atoms with Crippen LogP contribution >= 0.6 is 0 Å². The van der Waals surface area contributed by atoms with Crippen LogP contribution in [0.15, 0.2) is 23.9 Å². The zero-order valence-electron chi connectivity index (χ0n) is 12.1. The summed E-state index contributed by atoms with van der Waals surface area (Å²) in [5.41, 5.74) is 8.57. The van der Waals surface area contributed by atoms with Crippen molar-refractivity contribution in [3.8, 4) is 0 Å². The van der Waals surface area contributed by atoms with Crippen LogP contribution in [0.1, 0.15) is 39.5 Å². The summed E-state index contributed by atoms with van der Waals surface area (Å²) in [7, 11) is 2.00. The maximum Gasteiger partial charge on any atom is 0.0830 e. The van der Waals surface area contributed by atoms with E-state index in [-0.39, 0.29) is 0 Å². The molecule has 0 radical (unpaired) electrons. The summed E-state index contributed by atoms with van der Waals surface area (Å²) in [5.74, 6) is 1.07. The highest BCUT2D eigenvalue weighted by Gasteiger charge is 2.26. The molecule has 1 rings (SSSR count). The van der Waals surface area contributed by atoms with Crippen molar-refractivity contribution in [2.24, 2.45) is 17.6 Å². The van der Waals surface area contributed by atoms with Gasteiger partial charge in [0.1, 0.15) is 0 Å². The van der Waals surface area contributed by atoms with Crippen LogP contribution in [0, 0.1) is 11.8 Å². The summed E-state index contributed by atoms with van der Waals surface area (Å²) in [6.07, 6.45) is 6.97. The molecule has 0 aromatic heterocycles. The van der Waals surface area contributed by atoms with E-state index in [4.69, 9.17) is 5.73 Å². The van der Waals surface area contributed by atoms with Crippen LogP contribution in [-0.2, 0) is 0 Å². The molecular formula is C15H29N3. The fourth-order valence-electron chi connectivity index (χ4n) is 2.77. The highest BCUT2D eigenvalue weighted by molar-refractivity contribution is 5.15. The Morgan fingerprint density at radius 2 is 2.39 bits per heavy atom. The normalized spacial score (nSPS) is 25.2. The Hall–Kier alpha value is -0.800. The van der Waals surface area contributed by atoms with Gasteiger partial charge in [-0.1, -0.05) is 31.1 Å². The third kappa shape index (κ3) is 4.14. The lowest BCUT2D eigenvalue weighted by molar-refractivity contribution is 0.341. The van der Waals surface area contributed by atoms with E-state index < -0.39 is 0 Å². The third-order valence-electron chi connectivity index (χ3n) is 3.87. The molecule has 0 aliphatic carbocycles. The molecule has 1 aliphatic heterocycles. The number of allylic oxidation sites excluding steroid dienone is 1. The number of hydrogen-bond acceptors (Lipinski definition) is 3. The van der Waals surface area contributed by atoms with Crippen molar-refractivity contribution in [3.05, 3.63) is 23.9 Å². The topological polar surface area (TPSA) is 50.1 Å². The lowest BCUT2D eigenvalue weighted by Crippen LogP contribution is -2.46. The van der Waals surface area contributed by atoms with Crippen molar-refractivity contribution in [2.75, 3.05) is 13.6 Å². The SMILES string of the molecule is C=C(CC(CN)CCC)C1CC(C)=CNC1NC. The van der Waals surface area contributed by atoms with Crippen LogP contribution in [-0.4, -0.2) is 19.8 Å². The molecule has 0 amide bonds. The number of rotatable bonds is 7. The van der Waals surface area contributed by atoms with Gasteiger partial charge in [0.25, 0.3) is 0 Å². The predicted molar refractivity (Wildman–Crippen MR) is 79.1 cm³/mol. The van der Waals surface area contributed by atoms with Crippen LogP contribution < -0.4 is 16.4 Å². The molecule has 18 heavy (non-hydrogen) atoms. The Morgan fingerprint density at radius 1 is 1.67 bits per heavy atom. The second kappa shape index (κ2) is 7.59. The highest BCUT2D eigenvalue weighted by Crippen LogP contribution is 2.29. The second-order valence-corrected chi connectivity index (χ2v) is 5.49. The third-order valence-corrected chi connectivity index (χ3v) is 3.87. The monoisotopic (exact) mass is 251 g/mol. The van der Waals surface area contributed by atoms with E-state index in [0.717, 1.165) is 19.4 Å². The number of hydrogen-bond donors (Lipinski definition) is 3. The molecule has 3 heteroatoms. The van der Waals surface area contributed by atoms with E-state index in [9.17, 15) is 0 Å². The van der Waals surface area contributed by atoms with Gasteiger partial charge in [-0.25, -0.2) is 0 Å². The molecule has 0 spiro atoms. The molecule has 0 aromatic carbocycles. The minimum atomic E-state index is 0.307. The van der Waals surface area contributed by atoms with Gasteiger partial charge in [0.2, 0.25) is 0 Å². The lowest BCUT2D eigenvalue weighted by Gasteiger charge is -2.34. The van der Waals surface area contributed by atoms with Crippen molar-refractivity contribution < 1.29 is 0 Å². The fraction of sp³-hybridized carbons (Fsp3) is 0.733. The zero-order valence-corrected chi connectivity index (χ0v) is 12.1. The molecule has 3 nitrogen and oxygen atoms in total. The number of nitrogens with one attached hydrogen (secondary N) is 2. The average molecular weight is 251 g/mol. The van der Waals surface area contributed by atoms with Gasteiger partial charge in [-0.2, -0.15) is 0 Å². The summed E-state index contributed by atoms with van der Waals surface area (Å²) in [5, 5.41) is 6.74. The van der Waals surface area contributed by atoms with E-state index in [2.05, 4.69) is 37.3 Å². The first-order valence-corrected chi connectivity index (χ1v) is 7.09. The van der Waals surface area contributed by atoms with Gasteiger partial charge >= 0.3 is 0 Å². The fourth-order valence-corrected chi connectivity index (χ4v) is 2.77. The molecule has 104 valence electrons. The smallest absolute Gasteiger partial charge is 0.0830 e. The minimum Gasteiger partial charge on any atom is -0.375 e. The van der Waals surface area contributed by atoms with Crippen LogP contribution in [0.3, 0.4) is 0 Å². The van der Waals surface area contributed by atoms with Gasteiger partial charge in [-0.15, -0.1) is 0 Å². The molecule has 0 saturated heterocycles. The van der Waals surface area contributed by atoms with E-state index in [1.54, 1.807) is 0 Å². The van der Waals surface area contributed by atoms with Gasteiger partial charge < -0.3 is 16.4 Å². The van der Waals surface area contributed by atoms with Crippen LogP contribution in [0.5, 0.6) is 0 Å². The molecule has 4 N–H and O–H groups in total. The van der Waals surface area contributed by atoms with Gasteiger partial charge in [0.05, 0.1) is 6.17 Å². The Morgan fingerprint density at radius 3 is 2.94 bits per heavy atom. The van der Waals surface area contributed by atoms with Crippen molar-refractivity contribution in [1.29, 1.82) is 0 Å². The van der Waals surface area contributed by atoms with Crippen LogP contribution in [0.25, 0.3) is 0 Å². The largest absolute Gasteiger partial charge is 0.375 e. The van der Waals surface area contributed by atoms with Crippen molar-refractivity contribution in [1.82, 2.24) is 10.6 Å². The van der Waals surface area contributed by atoms with E-state index in [1.807, 2.05) is 7.05 Å². The predicted octanol–water partition coefficient (Wildman–Crippen LogP) is 2.37. The van der Waals surface area contributed by atoms with Crippen LogP contribution in [0.2, 0.25) is 0 Å². The summed E-state index contributed by atoms with van der Waals surface area (Å²) in [4.78, 5) is 0. The number of nitrogens with two attached hydrogens (primary N) is 1. The zero-order chi connectivity index (χ0) is 13.5. The first kappa shape index (κ1) is 15.3. The van der Waals surface area contributed by atoms with Crippen molar-refractivity contribution in [3.63, 3.8) is 0 Å². The first-order chi connectivity index (χ1) is 8.62. The molecule has 0 aromatic rings. The van der Waals surface area contributed by atoms with Crippen molar-refractivity contribution in [2.45, 2.75) is 45.7 Å². The standard InChI is InChI=1S/C15H29N3/c1-5-6-13(9-16)8-12(3)14-7-11(2)10-18-15(14)17-4/h10,13-15,17-18H,3,5-9,16H2,1-2,4H3. The molecule has 1 heterocycles. The van der Waals surface area contributed by atoms with Crippen molar-refractivity contribution >= 4 is 0 Å². The quantitative estimate of drug-likeness (QED) is 0.609. The molecule has 0 fully saturated rings. The Balaban J connectivity index is 2.61. The summed E-state index contributed by atoms with van der Waals surface area (Å²) >= 11 is 0. The average Bonchev–Trinajstić information content (AvgIpc) is 2.38. The Labute approximate surface area is 112 Å². The van der Waals surface area contributed by atoms with Crippen LogP contribution in [0.4, 0.5) is 0 Å². The van der Waals surface area contributed by atoms with Gasteiger partial charge in [-0.3, -0.25) is 0 Å². The minimum absolute atomic E-state index is 0.307. The van der Waals surface area contributed by atoms with Gasteiger partial charge in [0, 0.05) is 5.92 Å². The second-order valence-electron chi connectivity index (χ2n) is 5.49. The molecular weight excluding hydrogens is 222 g/mol. The lowest BCUT2D eigenvalue weighted by atomic mass is 9.82. The van der Waals surface area contributed by atoms with Gasteiger partial charge in [-0.05, 0) is 51.9 Å². The molecule has 3 unspecified atom stereocenters. The van der Waals surface area contributed by atoms with E-state index in [1.165, 1.54) is 24.0 Å².